The quantitative estimate of drug-likeness (QED) is 0.902. The highest BCUT2D eigenvalue weighted by Crippen LogP contribution is 2.26. The smallest absolute Gasteiger partial charge is 0.234 e. The van der Waals surface area contributed by atoms with Crippen molar-refractivity contribution in [1.82, 2.24) is 4.90 Å². The van der Waals surface area contributed by atoms with Crippen molar-refractivity contribution < 1.29 is 10.1 Å². The second-order valence-electron chi connectivity index (χ2n) is 5.45. The van der Waals surface area contributed by atoms with E-state index in [0.29, 0.717) is 0 Å². The molecule has 0 atom stereocenters. The van der Waals surface area contributed by atoms with Crippen molar-refractivity contribution in [3.05, 3.63) is 71.8 Å². The molecule has 3 heteroatoms. The Balaban J connectivity index is 1.94. The maximum atomic E-state index is 13.0. The molecule has 0 saturated carbocycles. The number of hydrogen-bond acceptors (Lipinski definition) is 1. The number of benzene rings is 2. The number of quaternary nitrogens is 1. The molecule has 108 valence electrons. The minimum atomic E-state index is -0.189. The van der Waals surface area contributed by atoms with E-state index in [1.165, 1.54) is 0 Å². The maximum Gasteiger partial charge on any atom is 0.234 e. The highest BCUT2D eigenvalue weighted by atomic mass is 16.2. The van der Waals surface area contributed by atoms with Crippen LogP contribution in [0.25, 0.3) is 0 Å². The third kappa shape index (κ3) is 3.14. The standard InChI is InChI=1S/C18H20N2O/c21-18(20-13-11-19-12-14-20)17(15-7-3-1-4-8-15)16-9-5-2-6-10-16/h1-10,17,19H,11-14H2/p+1. The molecule has 1 aliphatic rings. The molecule has 2 N–H and O–H groups in total. The summed E-state index contributed by atoms with van der Waals surface area (Å²) in [6.07, 6.45) is 0. The fourth-order valence-electron chi connectivity index (χ4n) is 2.92. The number of carbonyl (C=O) groups excluding carboxylic acids is 1. The topological polar surface area (TPSA) is 36.9 Å². The Morgan fingerprint density at radius 2 is 1.33 bits per heavy atom. The lowest BCUT2D eigenvalue weighted by Gasteiger charge is -2.29. The highest BCUT2D eigenvalue weighted by Gasteiger charge is 2.28. The molecule has 0 aromatic heterocycles. The van der Waals surface area contributed by atoms with E-state index in [1.807, 2.05) is 65.6 Å². The van der Waals surface area contributed by atoms with E-state index < -0.39 is 0 Å². The molecule has 21 heavy (non-hydrogen) atoms. The summed E-state index contributed by atoms with van der Waals surface area (Å²) in [6, 6.07) is 20.2. The third-order valence-electron chi connectivity index (χ3n) is 4.03. The average molecular weight is 281 g/mol. The van der Waals surface area contributed by atoms with Crippen molar-refractivity contribution in [3.8, 4) is 0 Å². The van der Waals surface area contributed by atoms with Crippen LogP contribution in [0.2, 0.25) is 0 Å². The molecule has 1 heterocycles. The normalized spacial score (nSPS) is 15.2. The van der Waals surface area contributed by atoms with Crippen LogP contribution in [-0.2, 0) is 4.79 Å². The molecule has 3 nitrogen and oxygen atoms in total. The van der Waals surface area contributed by atoms with E-state index in [0.717, 1.165) is 37.3 Å². The number of rotatable bonds is 3. The summed E-state index contributed by atoms with van der Waals surface area (Å²) >= 11 is 0. The molecular formula is C18H21N2O+. The van der Waals surface area contributed by atoms with Crippen molar-refractivity contribution in [2.75, 3.05) is 26.2 Å². The number of nitrogens with zero attached hydrogens (tertiary/aromatic N) is 1. The molecule has 0 spiro atoms. The summed E-state index contributed by atoms with van der Waals surface area (Å²) in [5.74, 6) is 0.0333. The SMILES string of the molecule is O=C(C(c1ccccc1)c1ccccc1)N1CC[NH2+]CC1. The lowest BCUT2D eigenvalue weighted by molar-refractivity contribution is -0.662. The van der Waals surface area contributed by atoms with Crippen molar-refractivity contribution >= 4 is 5.91 Å². The average Bonchev–Trinajstić information content (AvgIpc) is 2.58. The molecule has 2 aromatic rings. The van der Waals surface area contributed by atoms with Crippen molar-refractivity contribution in [2.24, 2.45) is 0 Å². The van der Waals surface area contributed by atoms with Gasteiger partial charge in [-0.15, -0.1) is 0 Å². The van der Waals surface area contributed by atoms with Gasteiger partial charge in [-0.3, -0.25) is 4.79 Å². The summed E-state index contributed by atoms with van der Waals surface area (Å²) in [5, 5.41) is 2.27. The molecular weight excluding hydrogens is 260 g/mol. The number of carbonyl (C=O) groups is 1. The Labute approximate surface area is 125 Å². The van der Waals surface area contributed by atoms with E-state index >= 15 is 0 Å². The predicted molar refractivity (Wildman–Crippen MR) is 83.0 cm³/mol. The number of piperazine rings is 1. The lowest BCUT2D eigenvalue weighted by Crippen LogP contribution is -2.90. The largest absolute Gasteiger partial charge is 0.343 e. The summed E-state index contributed by atoms with van der Waals surface area (Å²) in [7, 11) is 0. The summed E-state index contributed by atoms with van der Waals surface area (Å²) < 4.78 is 0. The number of nitrogens with two attached hydrogens (primary N) is 1. The van der Waals surface area contributed by atoms with Gasteiger partial charge in [0.05, 0.1) is 32.1 Å². The predicted octanol–water partition coefficient (Wildman–Crippen LogP) is 1.22. The molecule has 0 bridgehead atoms. The van der Waals surface area contributed by atoms with E-state index in [-0.39, 0.29) is 11.8 Å². The van der Waals surface area contributed by atoms with Gasteiger partial charge in [0.25, 0.3) is 0 Å². The van der Waals surface area contributed by atoms with E-state index in [2.05, 4.69) is 5.32 Å². The number of hydrogen-bond donors (Lipinski definition) is 1. The Kier molecular flexibility index (Phi) is 4.31. The van der Waals surface area contributed by atoms with Gasteiger partial charge in [-0.2, -0.15) is 0 Å². The molecule has 2 aromatic carbocycles. The molecule has 1 aliphatic heterocycles. The first-order valence-corrected chi connectivity index (χ1v) is 7.56. The van der Waals surface area contributed by atoms with Crippen LogP contribution in [0.4, 0.5) is 0 Å². The van der Waals surface area contributed by atoms with Crippen LogP contribution in [0, 0.1) is 0 Å². The van der Waals surface area contributed by atoms with Gasteiger partial charge in [0.15, 0.2) is 0 Å². The molecule has 0 unspecified atom stereocenters. The van der Waals surface area contributed by atoms with Gasteiger partial charge in [-0.1, -0.05) is 60.7 Å². The molecule has 1 amide bonds. The zero-order valence-electron chi connectivity index (χ0n) is 12.1. The zero-order valence-corrected chi connectivity index (χ0v) is 12.1. The Morgan fingerprint density at radius 1 is 0.857 bits per heavy atom. The van der Waals surface area contributed by atoms with Crippen LogP contribution in [0.15, 0.2) is 60.7 Å². The second kappa shape index (κ2) is 6.55. The van der Waals surface area contributed by atoms with Crippen LogP contribution in [-0.4, -0.2) is 37.0 Å². The summed E-state index contributed by atoms with van der Waals surface area (Å²) in [4.78, 5) is 15.0. The second-order valence-corrected chi connectivity index (χ2v) is 5.45. The summed E-state index contributed by atoms with van der Waals surface area (Å²) in [6.45, 7) is 3.69. The first-order chi connectivity index (χ1) is 10.4. The molecule has 1 saturated heterocycles. The minimum absolute atomic E-state index is 0.189. The fourth-order valence-corrected chi connectivity index (χ4v) is 2.92. The van der Waals surface area contributed by atoms with Gasteiger partial charge >= 0.3 is 0 Å². The van der Waals surface area contributed by atoms with Crippen molar-refractivity contribution in [1.29, 1.82) is 0 Å². The monoisotopic (exact) mass is 281 g/mol. The number of amides is 1. The van der Waals surface area contributed by atoms with E-state index in [4.69, 9.17) is 0 Å². The molecule has 1 fully saturated rings. The first-order valence-electron chi connectivity index (χ1n) is 7.56. The van der Waals surface area contributed by atoms with Crippen LogP contribution in [0.3, 0.4) is 0 Å². The molecule has 0 aliphatic carbocycles. The Bertz CT molecular complexity index is 537. The van der Waals surface area contributed by atoms with Crippen LogP contribution in [0.1, 0.15) is 17.0 Å². The van der Waals surface area contributed by atoms with E-state index in [9.17, 15) is 4.79 Å². The van der Waals surface area contributed by atoms with Gasteiger partial charge in [0.1, 0.15) is 0 Å². The minimum Gasteiger partial charge on any atom is -0.343 e. The van der Waals surface area contributed by atoms with Crippen molar-refractivity contribution in [2.45, 2.75) is 5.92 Å². The van der Waals surface area contributed by atoms with Gasteiger partial charge in [0.2, 0.25) is 5.91 Å². The van der Waals surface area contributed by atoms with Crippen LogP contribution < -0.4 is 5.32 Å². The van der Waals surface area contributed by atoms with Crippen LogP contribution >= 0.6 is 0 Å². The van der Waals surface area contributed by atoms with Crippen LogP contribution in [0.5, 0.6) is 0 Å². The van der Waals surface area contributed by atoms with Crippen molar-refractivity contribution in [3.63, 3.8) is 0 Å². The molecule has 3 rings (SSSR count). The summed E-state index contributed by atoms with van der Waals surface area (Å²) in [5.41, 5.74) is 2.14. The molecule has 0 radical (unpaired) electrons. The van der Waals surface area contributed by atoms with Gasteiger partial charge < -0.3 is 10.2 Å². The Hall–Kier alpha value is -2.13. The maximum absolute atomic E-state index is 13.0. The highest BCUT2D eigenvalue weighted by molar-refractivity contribution is 5.87. The third-order valence-corrected chi connectivity index (χ3v) is 4.03. The van der Waals surface area contributed by atoms with Gasteiger partial charge in [0, 0.05) is 0 Å². The van der Waals surface area contributed by atoms with E-state index in [1.54, 1.807) is 0 Å². The lowest BCUT2D eigenvalue weighted by atomic mass is 9.90. The fraction of sp³-hybridized carbons (Fsp3) is 0.278. The first kappa shape index (κ1) is 13.8. The Morgan fingerprint density at radius 3 is 1.81 bits per heavy atom. The zero-order chi connectivity index (χ0) is 14.5. The van der Waals surface area contributed by atoms with Gasteiger partial charge in [-0.25, -0.2) is 0 Å². The van der Waals surface area contributed by atoms with Gasteiger partial charge in [-0.05, 0) is 11.1 Å².